The number of benzene rings is 1. The summed E-state index contributed by atoms with van der Waals surface area (Å²) in [5, 5.41) is 3.47. The van der Waals surface area contributed by atoms with E-state index in [2.05, 4.69) is 22.2 Å². The van der Waals surface area contributed by atoms with Crippen LogP contribution in [0, 0.1) is 0 Å². The van der Waals surface area contributed by atoms with Crippen molar-refractivity contribution in [3.8, 4) is 10.4 Å². The van der Waals surface area contributed by atoms with Crippen LogP contribution >= 0.6 is 11.3 Å². The first-order valence-electron chi connectivity index (χ1n) is 9.30. The average molecular weight is 398 g/mol. The van der Waals surface area contributed by atoms with Gasteiger partial charge < -0.3 is 15.1 Å². The minimum absolute atomic E-state index is 0.606. The molecule has 3 nitrogen and oxygen atoms in total. The van der Waals surface area contributed by atoms with Crippen LogP contribution in [0.1, 0.15) is 16.9 Å². The van der Waals surface area contributed by atoms with Crippen molar-refractivity contribution in [3.63, 3.8) is 0 Å². The van der Waals surface area contributed by atoms with Gasteiger partial charge in [0.15, 0.2) is 0 Å². The highest BCUT2D eigenvalue weighted by Gasteiger charge is 2.30. The minimum atomic E-state index is -4.28. The molecular weight excluding hydrogens is 371 g/mol. The van der Waals surface area contributed by atoms with E-state index in [0.29, 0.717) is 0 Å². The van der Waals surface area contributed by atoms with Crippen molar-refractivity contribution >= 4 is 11.3 Å². The van der Waals surface area contributed by atoms with Crippen LogP contribution in [0.5, 0.6) is 0 Å². The summed E-state index contributed by atoms with van der Waals surface area (Å²) >= 11 is 1.63. The number of likely N-dealkylation sites (N-methyl/N-ethyl adjacent to an activating group) is 1. The second-order valence-corrected chi connectivity index (χ2v) is 8.18. The first-order chi connectivity index (χ1) is 12.9. The Hall–Kier alpha value is -1.41. The third-order valence-corrected chi connectivity index (χ3v) is 6.02. The topological polar surface area (TPSA) is 18.5 Å². The van der Waals surface area contributed by atoms with Gasteiger partial charge in [0.2, 0.25) is 0 Å². The van der Waals surface area contributed by atoms with Gasteiger partial charge in [-0.15, -0.1) is 11.3 Å². The van der Waals surface area contributed by atoms with Crippen LogP contribution in [0.3, 0.4) is 0 Å². The Morgan fingerprint density at radius 3 is 2.37 bits per heavy atom. The lowest BCUT2D eigenvalue weighted by molar-refractivity contribution is -0.137. The zero-order valence-corrected chi connectivity index (χ0v) is 16.4. The Morgan fingerprint density at radius 2 is 1.70 bits per heavy atom. The molecule has 0 radical (unpaired) electrons. The van der Waals surface area contributed by atoms with Crippen molar-refractivity contribution in [2.24, 2.45) is 0 Å². The van der Waals surface area contributed by atoms with Gasteiger partial charge in [-0.1, -0.05) is 12.1 Å². The highest BCUT2D eigenvalue weighted by Crippen LogP contribution is 2.33. The number of thiophene rings is 1. The lowest BCUT2D eigenvalue weighted by Crippen LogP contribution is -2.45. The number of alkyl halides is 3. The molecule has 0 amide bonds. The van der Waals surface area contributed by atoms with Gasteiger partial charge in [0, 0.05) is 42.5 Å². The maximum Gasteiger partial charge on any atom is 0.416 e. The second kappa shape index (κ2) is 9.19. The third-order valence-electron chi connectivity index (χ3n) is 4.88. The summed E-state index contributed by atoms with van der Waals surface area (Å²) in [6.45, 7) is 7.50. The largest absolute Gasteiger partial charge is 0.416 e. The van der Waals surface area contributed by atoms with Crippen LogP contribution in [0.2, 0.25) is 0 Å². The van der Waals surface area contributed by atoms with Crippen LogP contribution < -0.4 is 5.32 Å². The Balaban J connectivity index is 1.40. The molecule has 3 rings (SSSR count). The molecule has 2 heterocycles. The molecule has 1 fully saturated rings. The second-order valence-electron chi connectivity index (χ2n) is 7.02. The molecule has 1 aliphatic rings. The van der Waals surface area contributed by atoms with Gasteiger partial charge in [0.1, 0.15) is 0 Å². The van der Waals surface area contributed by atoms with Crippen LogP contribution in [-0.2, 0) is 12.7 Å². The Labute approximate surface area is 162 Å². The highest BCUT2D eigenvalue weighted by atomic mass is 32.1. The molecule has 1 aromatic heterocycles. The molecule has 1 saturated heterocycles. The summed E-state index contributed by atoms with van der Waals surface area (Å²) in [6, 6.07) is 9.40. The van der Waals surface area contributed by atoms with Gasteiger partial charge in [0.25, 0.3) is 0 Å². The van der Waals surface area contributed by atoms with Crippen molar-refractivity contribution in [1.29, 1.82) is 0 Å². The molecule has 0 saturated carbocycles. The smallest absolute Gasteiger partial charge is 0.312 e. The van der Waals surface area contributed by atoms with E-state index in [-0.39, 0.29) is 0 Å². The van der Waals surface area contributed by atoms with Crippen molar-refractivity contribution in [1.82, 2.24) is 15.1 Å². The van der Waals surface area contributed by atoms with Gasteiger partial charge >= 0.3 is 6.18 Å². The van der Waals surface area contributed by atoms with Crippen LogP contribution in [0.15, 0.2) is 36.4 Å². The van der Waals surface area contributed by atoms with E-state index in [9.17, 15) is 13.2 Å². The fourth-order valence-electron chi connectivity index (χ4n) is 3.16. The molecule has 2 aromatic rings. The monoisotopic (exact) mass is 397 g/mol. The number of halogens is 3. The van der Waals surface area contributed by atoms with Gasteiger partial charge in [-0.3, -0.25) is 0 Å². The molecule has 148 valence electrons. The summed E-state index contributed by atoms with van der Waals surface area (Å²) in [5.74, 6) is 0. The zero-order valence-electron chi connectivity index (χ0n) is 15.6. The van der Waals surface area contributed by atoms with E-state index in [1.54, 1.807) is 23.5 Å². The molecule has 0 bridgehead atoms. The minimum Gasteiger partial charge on any atom is -0.312 e. The summed E-state index contributed by atoms with van der Waals surface area (Å²) in [6.07, 6.45) is -3.16. The molecule has 0 atom stereocenters. The van der Waals surface area contributed by atoms with Gasteiger partial charge in [0.05, 0.1) is 5.56 Å². The molecule has 7 heteroatoms. The summed E-state index contributed by atoms with van der Waals surface area (Å²) in [4.78, 5) is 7.07. The van der Waals surface area contributed by atoms with Crippen LogP contribution in [0.25, 0.3) is 10.4 Å². The van der Waals surface area contributed by atoms with Crippen molar-refractivity contribution in [2.45, 2.75) is 19.1 Å². The molecule has 27 heavy (non-hydrogen) atoms. The van der Waals surface area contributed by atoms with E-state index in [1.807, 2.05) is 12.1 Å². The molecule has 1 aromatic carbocycles. The van der Waals surface area contributed by atoms with Crippen molar-refractivity contribution < 1.29 is 13.2 Å². The maximum absolute atomic E-state index is 12.7. The first-order valence-corrected chi connectivity index (χ1v) is 10.1. The van der Waals surface area contributed by atoms with Gasteiger partial charge in [-0.2, -0.15) is 13.2 Å². The first kappa shape index (κ1) is 20.3. The predicted octanol–water partition coefficient (Wildman–Crippen LogP) is 4.16. The van der Waals surface area contributed by atoms with Crippen LogP contribution in [-0.4, -0.2) is 56.1 Å². The highest BCUT2D eigenvalue weighted by molar-refractivity contribution is 7.15. The summed E-state index contributed by atoms with van der Waals surface area (Å²) in [5.41, 5.74) is 0.222. The average Bonchev–Trinajstić information content (AvgIpc) is 3.11. The summed E-state index contributed by atoms with van der Waals surface area (Å²) < 4.78 is 38.0. The molecular formula is C20H26F3N3S. The van der Waals surface area contributed by atoms with Crippen molar-refractivity contribution in [2.75, 3.05) is 46.3 Å². The van der Waals surface area contributed by atoms with Gasteiger partial charge in [-0.05, 0) is 56.4 Å². The lowest BCUT2D eigenvalue weighted by Gasteiger charge is -2.32. The maximum atomic E-state index is 12.7. The normalized spacial score (nSPS) is 16.7. The van der Waals surface area contributed by atoms with E-state index >= 15 is 0 Å². The Kier molecular flexibility index (Phi) is 6.92. The number of nitrogens with zero attached hydrogens (tertiary/aromatic N) is 2. The van der Waals surface area contributed by atoms with E-state index in [0.717, 1.165) is 74.8 Å². The molecule has 0 aliphatic carbocycles. The third kappa shape index (κ3) is 6.04. The van der Waals surface area contributed by atoms with E-state index in [1.165, 1.54) is 4.88 Å². The van der Waals surface area contributed by atoms with Crippen LogP contribution in [0.4, 0.5) is 13.2 Å². The fourth-order valence-corrected chi connectivity index (χ4v) is 4.15. The number of hydrogen-bond donors (Lipinski definition) is 1. The van der Waals surface area contributed by atoms with E-state index in [4.69, 9.17) is 0 Å². The number of nitrogens with one attached hydrogen (secondary N) is 1. The number of rotatable bonds is 7. The SMILES string of the molecule is CN1CCN(CCCNCc2ccc(-c3ccc(C(F)(F)F)cc3)s2)CC1. The lowest BCUT2D eigenvalue weighted by atomic mass is 10.1. The molecule has 1 N–H and O–H groups in total. The van der Waals surface area contributed by atoms with Crippen molar-refractivity contribution in [3.05, 3.63) is 46.8 Å². The Bertz CT molecular complexity index is 704. The standard InChI is InChI=1S/C20H26F3N3S/c1-25-11-13-26(14-12-25)10-2-9-24-15-18-7-8-19(27-18)16-3-5-17(6-4-16)20(21,22)23/h3-8,24H,2,9-15H2,1H3. The molecule has 1 aliphatic heterocycles. The zero-order chi connectivity index (χ0) is 19.3. The number of piperazine rings is 1. The molecule has 0 unspecified atom stereocenters. The fraction of sp³-hybridized carbons (Fsp3) is 0.500. The summed E-state index contributed by atoms with van der Waals surface area (Å²) in [7, 11) is 2.17. The van der Waals surface area contributed by atoms with E-state index < -0.39 is 11.7 Å². The Morgan fingerprint density at radius 1 is 1.00 bits per heavy atom. The predicted molar refractivity (Wildman–Crippen MR) is 105 cm³/mol. The molecule has 0 spiro atoms. The quantitative estimate of drug-likeness (QED) is 0.708. The number of hydrogen-bond acceptors (Lipinski definition) is 4. The van der Waals surface area contributed by atoms with Gasteiger partial charge in [-0.25, -0.2) is 0 Å².